The quantitative estimate of drug-likeness (QED) is 0.662. The monoisotopic (exact) mass is 187 g/mol. The van der Waals surface area contributed by atoms with Crippen LogP contribution in [0.5, 0.6) is 0 Å². The van der Waals surface area contributed by atoms with Crippen molar-refractivity contribution in [3.8, 4) is 0 Å². The molecule has 1 saturated heterocycles. The molecule has 1 aliphatic heterocycles. The predicted octanol–water partition coefficient (Wildman–Crippen LogP) is 0.846. The molecule has 4 heteroatoms. The van der Waals surface area contributed by atoms with Crippen molar-refractivity contribution in [1.82, 2.24) is 4.90 Å². The summed E-state index contributed by atoms with van der Waals surface area (Å²) in [6.45, 7) is 2.77. The molecule has 0 aromatic carbocycles. The Balaban J connectivity index is 2.54. The molecule has 1 heterocycles. The van der Waals surface area contributed by atoms with Crippen molar-refractivity contribution in [3.05, 3.63) is 0 Å². The first-order chi connectivity index (χ1) is 6.19. The molecule has 0 radical (unpaired) electrons. The van der Waals surface area contributed by atoms with Crippen LogP contribution in [-0.2, 0) is 4.74 Å². The average molecular weight is 187 g/mol. The van der Waals surface area contributed by atoms with Crippen molar-refractivity contribution < 1.29 is 14.6 Å². The Morgan fingerprint density at radius 1 is 1.62 bits per heavy atom. The fourth-order valence-corrected chi connectivity index (χ4v) is 1.70. The zero-order valence-corrected chi connectivity index (χ0v) is 8.19. The molecule has 76 valence electrons. The van der Waals surface area contributed by atoms with Gasteiger partial charge < -0.3 is 14.7 Å². The Labute approximate surface area is 78.5 Å². The van der Waals surface area contributed by atoms with E-state index in [0.717, 1.165) is 12.8 Å². The summed E-state index contributed by atoms with van der Waals surface area (Å²) in [6.07, 6.45) is 1.65. The Kier molecular flexibility index (Phi) is 3.54. The SMILES string of the molecule is COC(=O)N1C[C@H](CO)CC[C@H]1C. The van der Waals surface area contributed by atoms with Crippen molar-refractivity contribution >= 4 is 6.09 Å². The highest BCUT2D eigenvalue weighted by Crippen LogP contribution is 2.21. The smallest absolute Gasteiger partial charge is 0.409 e. The van der Waals surface area contributed by atoms with Gasteiger partial charge in [-0.05, 0) is 25.7 Å². The molecule has 0 spiro atoms. The third kappa shape index (κ3) is 2.34. The van der Waals surface area contributed by atoms with E-state index >= 15 is 0 Å². The van der Waals surface area contributed by atoms with Gasteiger partial charge in [-0.1, -0.05) is 0 Å². The molecule has 0 aliphatic carbocycles. The lowest BCUT2D eigenvalue weighted by molar-refractivity contribution is 0.0629. The third-order valence-corrected chi connectivity index (χ3v) is 2.65. The minimum absolute atomic E-state index is 0.153. The molecule has 1 aliphatic rings. The van der Waals surface area contributed by atoms with Crippen LogP contribution in [0.25, 0.3) is 0 Å². The largest absolute Gasteiger partial charge is 0.453 e. The Morgan fingerprint density at radius 3 is 2.85 bits per heavy atom. The number of amides is 1. The lowest BCUT2D eigenvalue weighted by atomic mass is 9.95. The maximum atomic E-state index is 11.3. The van der Waals surface area contributed by atoms with Gasteiger partial charge >= 0.3 is 6.09 Å². The number of aliphatic hydroxyl groups excluding tert-OH is 1. The molecule has 4 nitrogen and oxygen atoms in total. The number of methoxy groups -OCH3 is 1. The van der Waals surface area contributed by atoms with Crippen LogP contribution in [0.1, 0.15) is 19.8 Å². The van der Waals surface area contributed by atoms with Crippen molar-refractivity contribution in [2.45, 2.75) is 25.8 Å². The van der Waals surface area contributed by atoms with E-state index < -0.39 is 0 Å². The van der Waals surface area contributed by atoms with Gasteiger partial charge in [0.15, 0.2) is 0 Å². The molecule has 0 aromatic rings. The molecule has 13 heavy (non-hydrogen) atoms. The molecule has 0 aromatic heterocycles. The highest BCUT2D eigenvalue weighted by molar-refractivity contribution is 5.67. The van der Waals surface area contributed by atoms with Crippen LogP contribution in [-0.4, -0.2) is 42.4 Å². The number of piperidine rings is 1. The van der Waals surface area contributed by atoms with Crippen LogP contribution in [0, 0.1) is 5.92 Å². The normalized spacial score (nSPS) is 28.7. The van der Waals surface area contributed by atoms with Gasteiger partial charge in [-0.15, -0.1) is 0 Å². The van der Waals surface area contributed by atoms with Crippen LogP contribution in [0.3, 0.4) is 0 Å². The molecule has 1 rings (SSSR count). The van der Waals surface area contributed by atoms with Gasteiger partial charge in [0, 0.05) is 19.2 Å². The van der Waals surface area contributed by atoms with Crippen molar-refractivity contribution in [2.24, 2.45) is 5.92 Å². The van der Waals surface area contributed by atoms with Crippen LogP contribution in [0.4, 0.5) is 4.79 Å². The summed E-state index contributed by atoms with van der Waals surface area (Å²) in [4.78, 5) is 12.9. The summed E-state index contributed by atoms with van der Waals surface area (Å²) in [5.74, 6) is 0.218. The van der Waals surface area contributed by atoms with E-state index in [2.05, 4.69) is 4.74 Å². The standard InChI is InChI=1S/C9H17NO3/c1-7-3-4-8(6-11)5-10(7)9(12)13-2/h7-8,11H,3-6H2,1-2H3/t7-,8-/m1/s1. The first kappa shape index (κ1) is 10.3. The zero-order chi connectivity index (χ0) is 9.84. The first-order valence-electron chi connectivity index (χ1n) is 4.64. The average Bonchev–Trinajstić information content (AvgIpc) is 2.17. The molecule has 0 bridgehead atoms. The second-order valence-electron chi connectivity index (χ2n) is 3.60. The Morgan fingerprint density at radius 2 is 2.31 bits per heavy atom. The summed E-state index contributed by atoms with van der Waals surface area (Å²) in [5, 5.41) is 8.97. The molecule has 1 fully saturated rings. The molecule has 0 saturated carbocycles. The topological polar surface area (TPSA) is 49.8 Å². The van der Waals surface area contributed by atoms with E-state index in [1.807, 2.05) is 6.92 Å². The summed E-state index contributed by atoms with van der Waals surface area (Å²) >= 11 is 0. The van der Waals surface area contributed by atoms with Crippen molar-refractivity contribution in [1.29, 1.82) is 0 Å². The van der Waals surface area contributed by atoms with E-state index in [1.54, 1.807) is 4.90 Å². The van der Waals surface area contributed by atoms with Gasteiger partial charge in [0.1, 0.15) is 0 Å². The summed E-state index contributed by atoms with van der Waals surface area (Å²) in [5.41, 5.74) is 0. The Bertz CT molecular complexity index is 184. The molecule has 0 unspecified atom stereocenters. The minimum atomic E-state index is -0.286. The van der Waals surface area contributed by atoms with E-state index in [4.69, 9.17) is 5.11 Å². The first-order valence-corrected chi connectivity index (χ1v) is 4.64. The highest BCUT2D eigenvalue weighted by Gasteiger charge is 2.28. The molecular formula is C9H17NO3. The van der Waals surface area contributed by atoms with E-state index in [-0.39, 0.29) is 24.7 Å². The number of carbonyl (C=O) groups excluding carboxylic acids is 1. The number of hydrogen-bond acceptors (Lipinski definition) is 3. The number of rotatable bonds is 1. The van der Waals surface area contributed by atoms with E-state index in [1.165, 1.54) is 7.11 Å². The summed E-state index contributed by atoms with van der Waals surface area (Å²) in [7, 11) is 1.39. The zero-order valence-electron chi connectivity index (χ0n) is 8.19. The van der Waals surface area contributed by atoms with Gasteiger partial charge in [-0.3, -0.25) is 0 Å². The summed E-state index contributed by atoms with van der Waals surface area (Å²) < 4.78 is 4.66. The highest BCUT2D eigenvalue weighted by atomic mass is 16.5. The lowest BCUT2D eigenvalue weighted by Crippen LogP contribution is -2.46. The van der Waals surface area contributed by atoms with Gasteiger partial charge in [-0.2, -0.15) is 0 Å². The summed E-state index contributed by atoms with van der Waals surface area (Å²) in [6, 6.07) is 0.232. The van der Waals surface area contributed by atoms with E-state index in [9.17, 15) is 4.79 Å². The second-order valence-corrected chi connectivity index (χ2v) is 3.60. The predicted molar refractivity (Wildman–Crippen MR) is 48.4 cm³/mol. The number of nitrogens with zero attached hydrogens (tertiary/aromatic N) is 1. The number of likely N-dealkylation sites (tertiary alicyclic amines) is 1. The Hall–Kier alpha value is -0.770. The molecule has 1 N–H and O–H groups in total. The van der Waals surface area contributed by atoms with Gasteiger partial charge in [0.05, 0.1) is 7.11 Å². The van der Waals surface area contributed by atoms with Crippen LogP contribution in [0.15, 0.2) is 0 Å². The number of aliphatic hydroxyl groups is 1. The van der Waals surface area contributed by atoms with Gasteiger partial charge in [0.2, 0.25) is 0 Å². The van der Waals surface area contributed by atoms with Crippen LogP contribution < -0.4 is 0 Å². The van der Waals surface area contributed by atoms with Crippen LogP contribution >= 0.6 is 0 Å². The van der Waals surface area contributed by atoms with Gasteiger partial charge in [-0.25, -0.2) is 4.79 Å². The fourth-order valence-electron chi connectivity index (χ4n) is 1.70. The number of ether oxygens (including phenoxy) is 1. The third-order valence-electron chi connectivity index (χ3n) is 2.65. The molecule has 2 atom stereocenters. The van der Waals surface area contributed by atoms with E-state index in [0.29, 0.717) is 6.54 Å². The minimum Gasteiger partial charge on any atom is -0.453 e. The van der Waals surface area contributed by atoms with Crippen molar-refractivity contribution in [2.75, 3.05) is 20.3 Å². The number of carbonyl (C=O) groups is 1. The van der Waals surface area contributed by atoms with Crippen molar-refractivity contribution in [3.63, 3.8) is 0 Å². The lowest BCUT2D eigenvalue weighted by Gasteiger charge is -2.36. The molecule has 1 amide bonds. The number of hydrogen-bond donors (Lipinski definition) is 1. The maximum absolute atomic E-state index is 11.3. The van der Waals surface area contributed by atoms with Crippen LogP contribution in [0.2, 0.25) is 0 Å². The molecular weight excluding hydrogens is 170 g/mol. The maximum Gasteiger partial charge on any atom is 0.409 e. The van der Waals surface area contributed by atoms with Gasteiger partial charge in [0.25, 0.3) is 0 Å². The second kappa shape index (κ2) is 4.46. The fraction of sp³-hybridized carbons (Fsp3) is 0.889.